The van der Waals surface area contributed by atoms with E-state index in [1.165, 1.54) is 4.90 Å². The fraction of sp³-hybridized carbons (Fsp3) is 0.417. The Morgan fingerprint density at radius 2 is 2.28 bits per heavy atom. The third-order valence-corrected chi connectivity index (χ3v) is 3.02. The van der Waals surface area contributed by atoms with Gasteiger partial charge in [-0.3, -0.25) is 4.79 Å². The van der Waals surface area contributed by atoms with Crippen LogP contribution in [-0.2, 0) is 4.79 Å². The van der Waals surface area contributed by atoms with E-state index in [4.69, 9.17) is 5.73 Å². The number of carbonyl (C=O) groups is 2. The monoisotopic (exact) mass is 248 g/mol. The van der Waals surface area contributed by atoms with Crippen LogP contribution in [-0.4, -0.2) is 34.9 Å². The summed E-state index contributed by atoms with van der Waals surface area (Å²) in [6, 6.07) is 4.85. The molecule has 0 bridgehead atoms. The molecule has 0 aromatic carbocycles. The number of nitrogens with two attached hydrogens (primary N) is 1. The third kappa shape index (κ3) is 2.97. The van der Waals surface area contributed by atoms with Gasteiger partial charge in [-0.25, -0.2) is 9.78 Å². The molecule has 18 heavy (non-hydrogen) atoms. The second kappa shape index (κ2) is 5.48. The maximum absolute atomic E-state index is 12.0. The lowest BCUT2D eigenvalue weighted by molar-refractivity contribution is -0.121. The van der Waals surface area contributed by atoms with E-state index >= 15 is 0 Å². The van der Waals surface area contributed by atoms with Gasteiger partial charge in [0.15, 0.2) is 0 Å². The molecule has 6 nitrogen and oxygen atoms in total. The number of primary amides is 1. The first kappa shape index (κ1) is 12.3. The summed E-state index contributed by atoms with van der Waals surface area (Å²) in [7, 11) is 0. The average Bonchev–Trinajstić information content (AvgIpc) is 2.40. The minimum atomic E-state index is -0.467. The minimum Gasteiger partial charge on any atom is -0.351 e. The van der Waals surface area contributed by atoms with E-state index < -0.39 is 6.03 Å². The summed E-state index contributed by atoms with van der Waals surface area (Å²) < 4.78 is 0. The summed E-state index contributed by atoms with van der Waals surface area (Å²) >= 11 is 0. The molecule has 2 rings (SSSR count). The average molecular weight is 248 g/mol. The third-order valence-electron chi connectivity index (χ3n) is 3.02. The molecular formula is C12H16N4O2. The number of aromatic nitrogens is 1. The van der Waals surface area contributed by atoms with Gasteiger partial charge in [-0.15, -0.1) is 0 Å². The van der Waals surface area contributed by atoms with Crippen LogP contribution in [0.3, 0.4) is 0 Å². The van der Waals surface area contributed by atoms with Crippen molar-refractivity contribution in [2.75, 3.05) is 18.4 Å². The van der Waals surface area contributed by atoms with Gasteiger partial charge in [-0.2, -0.15) is 0 Å². The second-order valence-corrected chi connectivity index (χ2v) is 4.33. The first-order valence-corrected chi connectivity index (χ1v) is 5.93. The van der Waals surface area contributed by atoms with Gasteiger partial charge >= 0.3 is 6.03 Å². The van der Waals surface area contributed by atoms with Crippen LogP contribution >= 0.6 is 0 Å². The van der Waals surface area contributed by atoms with Gasteiger partial charge in [-0.05, 0) is 25.0 Å². The number of anilines is 1. The molecule has 1 fully saturated rings. The van der Waals surface area contributed by atoms with Crippen molar-refractivity contribution >= 4 is 17.8 Å². The number of carbonyl (C=O) groups excluding carboxylic acids is 2. The number of likely N-dealkylation sites (tertiary alicyclic amines) is 1. The lowest BCUT2D eigenvalue weighted by atomic mass is 9.97. The Kier molecular flexibility index (Phi) is 3.76. The van der Waals surface area contributed by atoms with Gasteiger partial charge in [0.1, 0.15) is 5.82 Å². The van der Waals surface area contributed by atoms with E-state index in [1.54, 1.807) is 24.4 Å². The molecule has 2 heterocycles. The second-order valence-electron chi connectivity index (χ2n) is 4.33. The smallest absolute Gasteiger partial charge is 0.314 e. The number of pyridine rings is 1. The Morgan fingerprint density at radius 3 is 2.94 bits per heavy atom. The van der Waals surface area contributed by atoms with Crippen LogP contribution in [0.5, 0.6) is 0 Å². The Balaban J connectivity index is 1.95. The molecule has 96 valence electrons. The van der Waals surface area contributed by atoms with Crippen molar-refractivity contribution in [3.8, 4) is 0 Å². The predicted molar refractivity (Wildman–Crippen MR) is 66.7 cm³/mol. The molecule has 0 spiro atoms. The maximum atomic E-state index is 12.0. The number of amides is 3. The van der Waals surface area contributed by atoms with E-state index in [1.807, 2.05) is 0 Å². The summed E-state index contributed by atoms with van der Waals surface area (Å²) in [6.07, 6.45) is 3.18. The van der Waals surface area contributed by atoms with Crippen molar-refractivity contribution in [2.45, 2.75) is 12.8 Å². The van der Waals surface area contributed by atoms with Crippen molar-refractivity contribution < 1.29 is 9.59 Å². The van der Waals surface area contributed by atoms with E-state index in [9.17, 15) is 9.59 Å². The molecule has 1 aliphatic heterocycles. The van der Waals surface area contributed by atoms with Crippen LogP contribution in [0.1, 0.15) is 12.8 Å². The van der Waals surface area contributed by atoms with Gasteiger partial charge in [0.2, 0.25) is 5.91 Å². The molecule has 0 radical (unpaired) electrons. The number of hydrogen-bond donors (Lipinski definition) is 2. The first-order chi connectivity index (χ1) is 8.66. The largest absolute Gasteiger partial charge is 0.351 e. The number of rotatable bonds is 2. The van der Waals surface area contributed by atoms with E-state index in [2.05, 4.69) is 10.3 Å². The van der Waals surface area contributed by atoms with Crippen molar-refractivity contribution in [1.29, 1.82) is 0 Å². The number of nitrogens with zero attached hydrogens (tertiary/aromatic N) is 2. The minimum absolute atomic E-state index is 0.111. The van der Waals surface area contributed by atoms with E-state index in [0.29, 0.717) is 18.9 Å². The fourth-order valence-electron chi connectivity index (χ4n) is 2.06. The van der Waals surface area contributed by atoms with Crippen molar-refractivity contribution in [3.05, 3.63) is 24.4 Å². The number of piperidine rings is 1. The molecule has 1 aromatic heterocycles. The van der Waals surface area contributed by atoms with Gasteiger partial charge in [0.05, 0.1) is 5.92 Å². The quantitative estimate of drug-likeness (QED) is 0.811. The Morgan fingerprint density at radius 1 is 1.44 bits per heavy atom. The molecule has 3 amide bonds. The molecular weight excluding hydrogens is 232 g/mol. The van der Waals surface area contributed by atoms with E-state index in [0.717, 1.165) is 12.8 Å². The van der Waals surface area contributed by atoms with Crippen LogP contribution < -0.4 is 11.1 Å². The summed E-state index contributed by atoms with van der Waals surface area (Å²) in [6.45, 7) is 1.01. The van der Waals surface area contributed by atoms with Gasteiger partial charge in [0, 0.05) is 19.3 Å². The summed E-state index contributed by atoms with van der Waals surface area (Å²) in [4.78, 5) is 28.6. The Hall–Kier alpha value is -2.11. The number of hydrogen-bond acceptors (Lipinski definition) is 3. The van der Waals surface area contributed by atoms with Gasteiger partial charge in [0.25, 0.3) is 0 Å². The zero-order valence-electron chi connectivity index (χ0n) is 10.0. The fourth-order valence-corrected chi connectivity index (χ4v) is 2.06. The SMILES string of the molecule is NC(=O)N1CCC[C@H](C(=O)Nc2ccccn2)C1. The highest BCUT2D eigenvalue weighted by atomic mass is 16.2. The Bertz CT molecular complexity index is 435. The molecule has 3 N–H and O–H groups in total. The van der Waals surface area contributed by atoms with Crippen LogP contribution in [0.25, 0.3) is 0 Å². The summed E-state index contributed by atoms with van der Waals surface area (Å²) in [5.41, 5.74) is 5.23. The van der Waals surface area contributed by atoms with Gasteiger partial charge in [-0.1, -0.05) is 6.07 Å². The van der Waals surface area contributed by atoms with Crippen LogP contribution in [0.2, 0.25) is 0 Å². The van der Waals surface area contributed by atoms with E-state index in [-0.39, 0.29) is 11.8 Å². The lowest BCUT2D eigenvalue weighted by Gasteiger charge is -2.30. The first-order valence-electron chi connectivity index (χ1n) is 5.93. The zero-order valence-corrected chi connectivity index (χ0v) is 10.0. The Labute approximate surface area is 105 Å². The molecule has 0 saturated carbocycles. The normalized spacial score (nSPS) is 19.3. The zero-order chi connectivity index (χ0) is 13.0. The molecule has 1 aromatic rings. The molecule has 0 aliphatic carbocycles. The molecule has 1 atom stereocenters. The predicted octanol–water partition coefficient (Wildman–Crippen LogP) is 0.811. The standard InChI is InChI=1S/C12H16N4O2/c13-12(18)16-7-3-4-9(8-16)11(17)15-10-5-1-2-6-14-10/h1-2,5-6,9H,3-4,7-8H2,(H2,13,18)(H,14,15,17)/t9-/m0/s1. The number of urea groups is 1. The lowest BCUT2D eigenvalue weighted by Crippen LogP contribution is -2.46. The van der Waals surface area contributed by atoms with Crippen molar-refractivity contribution in [2.24, 2.45) is 11.7 Å². The molecule has 1 saturated heterocycles. The summed E-state index contributed by atoms with van der Waals surface area (Å²) in [5.74, 6) is 0.201. The topological polar surface area (TPSA) is 88.3 Å². The van der Waals surface area contributed by atoms with Crippen molar-refractivity contribution in [1.82, 2.24) is 9.88 Å². The van der Waals surface area contributed by atoms with Crippen LogP contribution in [0, 0.1) is 5.92 Å². The maximum Gasteiger partial charge on any atom is 0.314 e. The van der Waals surface area contributed by atoms with Crippen LogP contribution in [0.15, 0.2) is 24.4 Å². The number of nitrogens with one attached hydrogen (secondary N) is 1. The molecule has 0 unspecified atom stereocenters. The molecule has 6 heteroatoms. The van der Waals surface area contributed by atoms with Crippen LogP contribution in [0.4, 0.5) is 10.6 Å². The molecule has 1 aliphatic rings. The highest BCUT2D eigenvalue weighted by Crippen LogP contribution is 2.17. The highest BCUT2D eigenvalue weighted by molar-refractivity contribution is 5.92. The highest BCUT2D eigenvalue weighted by Gasteiger charge is 2.27. The summed E-state index contributed by atoms with van der Waals surface area (Å²) in [5, 5.41) is 2.74. The van der Waals surface area contributed by atoms with Crippen molar-refractivity contribution in [3.63, 3.8) is 0 Å². The van der Waals surface area contributed by atoms with Gasteiger partial charge < -0.3 is 16.0 Å².